The molecule has 0 radical (unpaired) electrons. The Balaban J connectivity index is 4.58. The molecule has 0 fully saturated rings. The SMILES string of the molecule is CC(C)=C(O)[C@H](O)[C@@H](O)[C@@H](O)[C@H](O)CO. The van der Waals surface area contributed by atoms with Crippen LogP contribution >= 0.6 is 0 Å². The Morgan fingerprint density at radius 2 is 1.47 bits per heavy atom. The summed E-state index contributed by atoms with van der Waals surface area (Å²) in [4.78, 5) is 0. The Kier molecular flexibility index (Phi) is 5.77. The molecular formula is C9H18O6. The highest BCUT2D eigenvalue weighted by atomic mass is 16.4. The average Bonchev–Trinajstić information content (AvgIpc) is 2.23. The molecule has 0 spiro atoms. The van der Waals surface area contributed by atoms with Gasteiger partial charge < -0.3 is 30.6 Å². The molecule has 4 atom stereocenters. The fourth-order valence-electron chi connectivity index (χ4n) is 0.980. The first kappa shape index (κ1) is 14.3. The zero-order valence-corrected chi connectivity index (χ0v) is 8.70. The van der Waals surface area contributed by atoms with Gasteiger partial charge in [0.25, 0.3) is 0 Å². The summed E-state index contributed by atoms with van der Waals surface area (Å²) in [5, 5.41) is 54.7. The molecule has 90 valence electrons. The Morgan fingerprint density at radius 1 is 1.00 bits per heavy atom. The largest absolute Gasteiger partial charge is 0.510 e. The first-order valence-electron chi connectivity index (χ1n) is 4.52. The lowest BCUT2D eigenvalue weighted by atomic mass is 10.0. The van der Waals surface area contributed by atoms with Gasteiger partial charge in [0.2, 0.25) is 0 Å². The molecule has 0 aromatic rings. The average molecular weight is 222 g/mol. The number of rotatable bonds is 5. The lowest BCUT2D eigenvalue weighted by molar-refractivity contribution is -0.113. The summed E-state index contributed by atoms with van der Waals surface area (Å²) in [6.07, 6.45) is -6.75. The molecule has 0 aliphatic carbocycles. The molecule has 6 N–H and O–H groups in total. The third-order valence-electron chi connectivity index (χ3n) is 2.05. The molecule has 0 heterocycles. The lowest BCUT2D eigenvalue weighted by Gasteiger charge is -2.25. The van der Waals surface area contributed by atoms with Crippen LogP contribution in [-0.4, -0.2) is 61.7 Å². The van der Waals surface area contributed by atoms with E-state index in [9.17, 15) is 20.4 Å². The van der Waals surface area contributed by atoms with E-state index >= 15 is 0 Å². The van der Waals surface area contributed by atoms with E-state index in [-0.39, 0.29) is 0 Å². The normalized spacial score (nSPS) is 19.1. The van der Waals surface area contributed by atoms with Gasteiger partial charge in [0, 0.05) is 0 Å². The highest BCUT2D eigenvalue weighted by Crippen LogP contribution is 2.13. The van der Waals surface area contributed by atoms with Gasteiger partial charge in [-0.3, -0.25) is 0 Å². The molecule has 15 heavy (non-hydrogen) atoms. The van der Waals surface area contributed by atoms with Crippen molar-refractivity contribution in [3.05, 3.63) is 11.3 Å². The van der Waals surface area contributed by atoms with Crippen LogP contribution in [0.25, 0.3) is 0 Å². The molecule has 0 bridgehead atoms. The maximum Gasteiger partial charge on any atom is 0.139 e. The molecule has 0 aliphatic heterocycles. The highest BCUT2D eigenvalue weighted by Gasteiger charge is 2.32. The van der Waals surface area contributed by atoms with Crippen molar-refractivity contribution in [2.24, 2.45) is 0 Å². The lowest BCUT2D eigenvalue weighted by Crippen LogP contribution is -2.46. The minimum Gasteiger partial charge on any atom is -0.510 e. The molecule has 0 amide bonds. The first-order chi connectivity index (χ1) is 6.82. The van der Waals surface area contributed by atoms with Gasteiger partial charge in [-0.1, -0.05) is 0 Å². The Labute approximate surface area is 87.7 Å². The van der Waals surface area contributed by atoms with Gasteiger partial charge in [-0.2, -0.15) is 0 Å². The van der Waals surface area contributed by atoms with Crippen molar-refractivity contribution in [2.45, 2.75) is 38.3 Å². The zero-order chi connectivity index (χ0) is 12.2. The van der Waals surface area contributed by atoms with Gasteiger partial charge in [0.05, 0.1) is 6.61 Å². The van der Waals surface area contributed by atoms with Crippen LogP contribution in [0.3, 0.4) is 0 Å². The summed E-state index contributed by atoms with van der Waals surface area (Å²) < 4.78 is 0. The van der Waals surface area contributed by atoms with Gasteiger partial charge in [-0.05, 0) is 19.4 Å². The summed E-state index contributed by atoms with van der Waals surface area (Å²) in [7, 11) is 0. The quantitative estimate of drug-likeness (QED) is 0.308. The highest BCUT2D eigenvalue weighted by molar-refractivity contribution is 5.09. The molecule has 0 rings (SSSR count). The number of hydrogen-bond acceptors (Lipinski definition) is 6. The van der Waals surface area contributed by atoms with Crippen molar-refractivity contribution in [1.82, 2.24) is 0 Å². The molecule has 0 aromatic heterocycles. The predicted octanol–water partition coefficient (Wildman–Crippen LogP) is -1.73. The molecule has 0 unspecified atom stereocenters. The molecular weight excluding hydrogens is 204 g/mol. The monoisotopic (exact) mass is 222 g/mol. The van der Waals surface area contributed by atoms with Crippen molar-refractivity contribution in [3.8, 4) is 0 Å². The number of aliphatic hydroxyl groups excluding tert-OH is 6. The summed E-state index contributed by atoms with van der Waals surface area (Å²) in [5.74, 6) is -0.466. The van der Waals surface area contributed by atoms with Crippen molar-refractivity contribution in [1.29, 1.82) is 0 Å². The Hall–Kier alpha value is -0.660. The van der Waals surface area contributed by atoms with Gasteiger partial charge in [-0.15, -0.1) is 0 Å². The van der Waals surface area contributed by atoms with Crippen LogP contribution in [0.5, 0.6) is 0 Å². The van der Waals surface area contributed by atoms with Crippen molar-refractivity contribution >= 4 is 0 Å². The summed E-state index contributed by atoms with van der Waals surface area (Å²) in [6.45, 7) is 2.28. The van der Waals surface area contributed by atoms with E-state index in [2.05, 4.69) is 0 Å². The van der Waals surface area contributed by atoms with E-state index in [0.29, 0.717) is 5.57 Å². The van der Waals surface area contributed by atoms with Gasteiger partial charge in [0.1, 0.15) is 30.2 Å². The second-order valence-electron chi connectivity index (χ2n) is 3.56. The van der Waals surface area contributed by atoms with Crippen LogP contribution in [0.4, 0.5) is 0 Å². The zero-order valence-electron chi connectivity index (χ0n) is 8.70. The molecule has 0 saturated carbocycles. The predicted molar refractivity (Wildman–Crippen MR) is 52.1 cm³/mol. The van der Waals surface area contributed by atoms with E-state index < -0.39 is 36.8 Å². The Morgan fingerprint density at radius 3 is 1.80 bits per heavy atom. The molecule has 6 heteroatoms. The Bertz CT molecular complexity index is 223. The van der Waals surface area contributed by atoms with Crippen LogP contribution < -0.4 is 0 Å². The standard InChI is InChI=1S/C9H18O6/c1-4(2)6(12)8(14)9(15)7(13)5(11)3-10/h5,7-15H,3H2,1-2H3/t5-,7+,8+,9+/m1/s1. The first-order valence-corrected chi connectivity index (χ1v) is 4.52. The second-order valence-corrected chi connectivity index (χ2v) is 3.56. The molecule has 0 aromatic carbocycles. The van der Waals surface area contributed by atoms with Crippen molar-refractivity contribution in [2.75, 3.05) is 6.61 Å². The third-order valence-corrected chi connectivity index (χ3v) is 2.05. The maximum atomic E-state index is 9.36. The van der Waals surface area contributed by atoms with E-state index in [1.807, 2.05) is 0 Å². The number of allylic oxidation sites excluding steroid dienone is 1. The van der Waals surface area contributed by atoms with Gasteiger partial charge >= 0.3 is 0 Å². The molecule has 0 aliphatic rings. The van der Waals surface area contributed by atoms with Gasteiger partial charge in [-0.25, -0.2) is 0 Å². The maximum absolute atomic E-state index is 9.36. The van der Waals surface area contributed by atoms with Crippen molar-refractivity contribution < 1.29 is 30.6 Å². The van der Waals surface area contributed by atoms with E-state index in [1.54, 1.807) is 0 Å². The number of aliphatic hydroxyl groups is 6. The minimum atomic E-state index is -1.76. The summed E-state index contributed by atoms with van der Waals surface area (Å²) in [6, 6.07) is 0. The van der Waals surface area contributed by atoms with Crippen LogP contribution in [0.1, 0.15) is 13.8 Å². The third kappa shape index (κ3) is 3.77. The minimum absolute atomic E-state index is 0.382. The van der Waals surface area contributed by atoms with Crippen LogP contribution in [0.15, 0.2) is 11.3 Å². The summed E-state index contributed by atoms with van der Waals surface area (Å²) >= 11 is 0. The molecule has 6 nitrogen and oxygen atoms in total. The smallest absolute Gasteiger partial charge is 0.139 e. The van der Waals surface area contributed by atoms with E-state index in [0.717, 1.165) is 0 Å². The van der Waals surface area contributed by atoms with Crippen LogP contribution in [0, 0.1) is 0 Å². The second kappa shape index (κ2) is 6.04. The van der Waals surface area contributed by atoms with E-state index in [1.165, 1.54) is 13.8 Å². The number of hydrogen-bond donors (Lipinski definition) is 6. The fraction of sp³-hybridized carbons (Fsp3) is 0.778. The molecule has 0 saturated heterocycles. The summed E-state index contributed by atoms with van der Waals surface area (Å²) in [5.41, 5.74) is 0.382. The van der Waals surface area contributed by atoms with Gasteiger partial charge in [0.15, 0.2) is 0 Å². The van der Waals surface area contributed by atoms with Crippen molar-refractivity contribution in [3.63, 3.8) is 0 Å². The van der Waals surface area contributed by atoms with Crippen LogP contribution in [-0.2, 0) is 0 Å². The topological polar surface area (TPSA) is 121 Å². The van der Waals surface area contributed by atoms with E-state index in [4.69, 9.17) is 10.2 Å². The van der Waals surface area contributed by atoms with Crippen LogP contribution in [0.2, 0.25) is 0 Å². The fourth-order valence-corrected chi connectivity index (χ4v) is 0.980.